The average molecular weight is 294 g/mol. The molecule has 7 nitrogen and oxygen atoms in total. The summed E-state index contributed by atoms with van der Waals surface area (Å²) < 4.78 is 7.25. The van der Waals surface area contributed by atoms with Crippen LogP contribution in [0.15, 0.2) is 23.5 Å². The van der Waals surface area contributed by atoms with Crippen molar-refractivity contribution in [3.63, 3.8) is 0 Å². The molecule has 2 rings (SSSR count). The molecule has 2 heterocycles. The molecule has 7 heteroatoms. The van der Waals surface area contributed by atoms with Crippen molar-refractivity contribution >= 4 is 5.96 Å². The third-order valence-corrected chi connectivity index (χ3v) is 3.33. The van der Waals surface area contributed by atoms with Crippen LogP contribution in [0, 0.1) is 0 Å². The van der Waals surface area contributed by atoms with Crippen LogP contribution in [0.5, 0.6) is 0 Å². The molecule has 0 spiro atoms. The van der Waals surface area contributed by atoms with E-state index in [1.807, 2.05) is 16.9 Å². The Bertz CT molecular complexity index is 400. The van der Waals surface area contributed by atoms with E-state index in [2.05, 4.69) is 32.5 Å². The predicted molar refractivity (Wildman–Crippen MR) is 83.5 cm³/mol. The zero-order valence-corrected chi connectivity index (χ0v) is 12.8. The van der Waals surface area contributed by atoms with Crippen LogP contribution in [-0.4, -0.2) is 73.1 Å². The van der Waals surface area contributed by atoms with Crippen molar-refractivity contribution < 1.29 is 4.74 Å². The van der Waals surface area contributed by atoms with Crippen molar-refractivity contribution in [2.24, 2.45) is 4.99 Å². The molecule has 0 amide bonds. The van der Waals surface area contributed by atoms with Crippen molar-refractivity contribution in [3.8, 4) is 0 Å². The summed E-state index contributed by atoms with van der Waals surface area (Å²) in [6.45, 7) is 10.1. The van der Waals surface area contributed by atoms with Gasteiger partial charge in [-0.25, -0.2) is 0 Å². The first kappa shape index (κ1) is 15.8. The molecule has 0 aromatic carbocycles. The number of aliphatic imine (C=N–C) groups is 1. The van der Waals surface area contributed by atoms with E-state index >= 15 is 0 Å². The monoisotopic (exact) mass is 294 g/mol. The molecule has 2 N–H and O–H groups in total. The molecule has 0 radical (unpaired) electrons. The van der Waals surface area contributed by atoms with Gasteiger partial charge in [-0.15, -0.1) is 0 Å². The highest BCUT2D eigenvalue weighted by molar-refractivity contribution is 5.79. The lowest BCUT2D eigenvalue weighted by molar-refractivity contribution is 0.0394. The SMILES string of the molecule is CCNC(=NCCN1CCOCC1)NCCn1cccn1. The molecule has 1 fully saturated rings. The first-order valence-corrected chi connectivity index (χ1v) is 7.68. The Morgan fingerprint density at radius 3 is 2.86 bits per heavy atom. The lowest BCUT2D eigenvalue weighted by atomic mass is 10.4. The van der Waals surface area contributed by atoms with E-state index in [1.54, 1.807) is 6.20 Å². The smallest absolute Gasteiger partial charge is 0.191 e. The van der Waals surface area contributed by atoms with E-state index in [0.29, 0.717) is 0 Å². The summed E-state index contributed by atoms with van der Waals surface area (Å²) in [5, 5.41) is 10.8. The van der Waals surface area contributed by atoms with Gasteiger partial charge in [0.2, 0.25) is 0 Å². The van der Waals surface area contributed by atoms with Gasteiger partial charge in [0.25, 0.3) is 0 Å². The Hall–Kier alpha value is -1.60. The first-order chi connectivity index (χ1) is 10.4. The number of morpholine rings is 1. The summed E-state index contributed by atoms with van der Waals surface area (Å²) >= 11 is 0. The summed E-state index contributed by atoms with van der Waals surface area (Å²) in [5.74, 6) is 0.873. The number of hydrogen-bond donors (Lipinski definition) is 2. The van der Waals surface area contributed by atoms with Crippen LogP contribution in [0.2, 0.25) is 0 Å². The normalized spacial score (nSPS) is 16.9. The molecule has 1 saturated heterocycles. The number of aromatic nitrogens is 2. The van der Waals surface area contributed by atoms with E-state index in [1.165, 1.54) is 0 Å². The molecule has 0 aliphatic carbocycles. The zero-order valence-electron chi connectivity index (χ0n) is 12.8. The number of nitrogens with zero attached hydrogens (tertiary/aromatic N) is 4. The summed E-state index contributed by atoms with van der Waals surface area (Å²) in [5.41, 5.74) is 0. The maximum Gasteiger partial charge on any atom is 0.191 e. The molecule has 21 heavy (non-hydrogen) atoms. The minimum Gasteiger partial charge on any atom is -0.379 e. The van der Waals surface area contributed by atoms with Crippen molar-refractivity contribution in [2.75, 3.05) is 52.5 Å². The average Bonchev–Trinajstić information content (AvgIpc) is 3.02. The van der Waals surface area contributed by atoms with Gasteiger partial charge in [0.05, 0.1) is 26.3 Å². The number of rotatable bonds is 7. The Morgan fingerprint density at radius 2 is 2.14 bits per heavy atom. The third kappa shape index (κ3) is 6.14. The Kier molecular flexibility index (Phi) is 7.03. The lowest BCUT2D eigenvalue weighted by Crippen LogP contribution is -2.41. The van der Waals surface area contributed by atoms with Gasteiger partial charge in [-0.2, -0.15) is 5.10 Å². The fourth-order valence-corrected chi connectivity index (χ4v) is 2.19. The van der Waals surface area contributed by atoms with E-state index < -0.39 is 0 Å². The van der Waals surface area contributed by atoms with Gasteiger partial charge >= 0.3 is 0 Å². The quantitative estimate of drug-likeness (QED) is 0.537. The molecular weight excluding hydrogens is 268 g/mol. The summed E-state index contributed by atoms with van der Waals surface area (Å²) in [6.07, 6.45) is 3.76. The van der Waals surface area contributed by atoms with Crippen LogP contribution in [0.3, 0.4) is 0 Å². The van der Waals surface area contributed by atoms with Crippen molar-refractivity contribution in [2.45, 2.75) is 13.5 Å². The second kappa shape index (κ2) is 9.36. The summed E-state index contributed by atoms with van der Waals surface area (Å²) in [6, 6.07) is 1.93. The Morgan fingerprint density at radius 1 is 1.29 bits per heavy atom. The standard InChI is InChI=1S/C14H26N6O/c1-2-15-14(17-6-9-20-7-3-4-18-20)16-5-8-19-10-12-21-13-11-19/h3-4,7H,2,5-6,8-13H2,1H3,(H2,15,16,17). The highest BCUT2D eigenvalue weighted by Crippen LogP contribution is 1.95. The predicted octanol–water partition coefficient (Wildman–Crippen LogP) is -0.230. The second-order valence-corrected chi connectivity index (χ2v) is 4.91. The number of guanidine groups is 1. The van der Waals surface area contributed by atoms with Crippen molar-refractivity contribution in [3.05, 3.63) is 18.5 Å². The fourth-order valence-electron chi connectivity index (χ4n) is 2.19. The maximum absolute atomic E-state index is 5.34. The maximum atomic E-state index is 5.34. The molecule has 1 aliphatic rings. The molecule has 1 aliphatic heterocycles. The van der Waals surface area contributed by atoms with Gasteiger partial charge in [-0.3, -0.25) is 14.6 Å². The van der Waals surface area contributed by atoms with Gasteiger partial charge in [-0.1, -0.05) is 0 Å². The van der Waals surface area contributed by atoms with Gasteiger partial charge in [0.15, 0.2) is 5.96 Å². The second-order valence-electron chi connectivity index (χ2n) is 4.91. The molecule has 1 aromatic rings. The van der Waals surface area contributed by atoms with Crippen LogP contribution in [0.4, 0.5) is 0 Å². The molecule has 1 aromatic heterocycles. The first-order valence-electron chi connectivity index (χ1n) is 7.68. The largest absolute Gasteiger partial charge is 0.379 e. The van der Waals surface area contributed by atoms with Crippen LogP contribution in [-0.2, 0) is 11.3 Å². The van der Waals surface area contributed by atoms with E-state index in [4.69, 9.17) is 4.74 Å². The molecule has 0 atom stereocenters. The third-order valence-electron chi connectivity index (χ3n) is 3.33. The van der Waals surface area contributed by atoms with Crippen molar-refractivity contribution in [1.29, 1.82) is 0 Å². The molecular formula is C14H26N6O. The highest BCUT2D eigenvalue weighted by atomic mass is 16.5. The minimum absolute atomic E-state index is 0.803. The molecule has 0 bridgehead atoms. The number of ether oxygens (including phenoxy) is 1. The lowest BCUT2D eigenvalue weighted by Gasteiger charge is -2.25. The Balaban J connectivity index is 1.67. The van der Waals surface area contributed by atoms with Crippen LogP contribution in [0.25, 0.3) is 0 Å². The fraction of sp³-hybridized carbons (Fsp3) is 0.714. The van der Waals surface area contributed by atoms with Gasteiger partial charge in [0.1, 0.15) is 0 Å². The van der Waals surface area contributed by atoms with E-state index in [-0.39, 0.29) is 0 Å². The molecule has 0 saturated carbocycles. The minimum atomic E-state index is 0.803. The van der Waals surface area contributed by atoms with Crippen LogP contribution >= 0.6 is 0 Å². The Labute approximate surface area is 126 Å². The van der Waals surface area contributed by atoms with E-state index in [0.717, 1.165) is 65.0 Å². The van der Waals surface area contributed by atoms with Gasteiger partial charge in [0, 0.05) is 45.1 Å². The van der Waals surface area contributed by atoms with E-state index in [9.17, 15) is 0 Å². The molecule has 118 valence electrons. The number of nitrogens with one attached hydrogen (secondary N) is 2. The van der Waals surface area contributed by atoms with Crippen LogP contribution < -0.4 is 10.6 Å². The summed E-state index contributed by atoms with van der Waals surface area (Å²) in [7, 11) is 0. The topological polar surface area (TPSA) is 66.7 Å². The summed E-state index contributed by atoms with van der Waals surface area (Å²) in [4.78, 5) is 7.00. The van der Waals surface area contributed by atoms with Crippen LogP contribution in [0.1, 0.15) is 6.92 Å². The highest BCUT2D eigenvalue weighted by Gasteiger charge is 2.09. The number of hydrogen-bond acceptors (Lipinski definition) is 4. The molecule has 0 unspecified atom stereocenters. The van der Waals surface area contributed by atoms with Crippen molar-refractivity contribution in [1.82, 2.24) is 25.3 Å². The van der Waals surface area contributed by atoms with Gasteiger partial charge < -0.3 is 15.4 Å². The van der Waals surface area contributed by atoms with Gasteiger partial charge in [-0.05, 0) is 13.0 Å². The zero-order chi connectivity index (χ0) is 14.8.